The molecule has 3 heterocycles. The van der Waals surface area contributed by atoms with E-state index in [0.29, 0.717) is 0 Å². The van der Waals surface area contributed by atoms with Crippen LogP contribution in [0.3, 0.4) is 0 Å². The van der Waals surface area contributed by atoms with E-state index in [-0.39, 0.29) is 0 Å². The maximum atomic E-state index is 5.43. The molecule has 4 heteroatoms. The first-order chi connectivity index (χ1) is 9.42. The van der Waals surface area contributed by atoms with Gasteiger partial charge in [-0.1, -0.05) is 6.07 Å². The first-order valence-electron chi connectivity index (χ1n) is 7.36. The Morgan fingerprint density at radius 1 is 1.11 bits per heavy atom. The summed E-state index contributed by atoms with van der Waals surface area (Å²) in [6.45, 7) is 7.44. The van der Waals surface area contributed by atoms with Gasteiger partial charge in [0.1, 0.15) is 0 Å². The zero-order chi connectivity index (χ0) is 12.9. The number of hydrogen-bond acceptors (Lipinski definition) is 4. The van der Waals surface area contributed by atoms with Crippen molar-refractivity contribution in [3.63, 3.8) is 0 Å². The number of piperidine rings is 1. The summed E-state index contributed by atoms with van der Waals surface area (Å²) in [4.78, 5) is 9.55. The van der Waals surface area contributed by atoms with Crippen LogP contribution < -0.4 is 0 Å². The van der Waals surface area contributed by atoms with Crippen LogP contribution in [0.2, 0.25) is 0 Å². The van der Waals surface area contributed by atoms with Gasteiger partial charge in [-0.25, -0.2) is 0 Å². The van der Waals surface area contributed by atoms with Gasteiger partial charge in [0.15, 0.2) is 0 Å². The highest BCUT2D eigenvalue weighted by Gasteiger charge is 2.25. The van der Waals surface area contributed by atoms with Crippen LogP contribution in [-0.2, 0) is 11.3 Å². The van der Waals surface area contributed by atoms with Crippen molar-refractivity contribution < 1.29 is 4.74 Å². The molecule has 2 fully saturated rings. The second kappa shape index (κ2) is 6.46. The summed E-state index contributed by atoms with van der Waals surface area (Å²) in [7, 11) is 0. The predicted octanol–water partition coefficient (Wildman–Crippen LogP) is 1.38. The van der Waals surface area contributed by atoms with Gasteiger partial charge in [-0.2, -0.15) is 0 Å². The molecule has 2 saturated heterocycles. The molecule has 0 aliphatic carbocycles. The molecule has 1 aromatic rings. The van der Waals surface area contributed by atoms with Gasteiger partial charge < -0.3 is 4.74 Å². The molecule has 2 aliphatic rings. The fourth-order valence-electron chi connectivity index (χ4n) is 3.11. The van der Waals surface area contributed by atoms with Crippen LogP contribution in [0.25, 0.3) is 0 Å². The molecule has 19 heavy (non-hydrogen) atoms. The first-order valence-corrected chi connectivity index (χ1v) is 7.36. The monoisotopic (exact) mass is 261 g/mol. The molecule has 0 spiro atoms. The Morgan fingerprint density at radius 2 is 1.89 bits per heavy atom. The van der Waals surface area contributed by atoms with Crippen molar-refractivity contribution >= 4 is 0 Å². The number of likely N-dealkylation sites (tertiary alicyclic amines) is 1. The molecule has 4 nitrogen and oxygen atoms in total. The summed E-state index contributed by atoms with van der Waals surface area (Å²) in [5.74, 6) is 0. The van der Waals surface area contributed by atoms with Crippen molar-refractivity contribution in [2.75, 3.05) is 39.4 Å². The number of nitrogens with zero attached hydrogens (tertiary/aromatic N) is 3. The van der Waals surface area contributed by atoms with Crippen molar-refractivity contribution in [2.45, 2.75) is 25.4 Å². The third kappa shape index (κ3) is 3.53. The Morgan fingerprint density at radius 3 is 2.58 bits per heavy atom. The van der Waals surface area contributed by atoms with E-state index in [9.17, 15) is 0 Å². The van der Waals surface area contributed by atoms with Crippen LogP contribution in [0.5, 0.6) is 0 Å². The number of pyridine rings is 1. The summed E-state index contributed by atoms with van der Waals surface area (Å²) in [6.07, 6.45) is 4.45. The summed E-state index contributed by atoms with van der Waals surface area (Å²) in [5, 5.41) is 0. The van der Waals surface area contributed by atoms with Crippen LogP contribution in [-0.4, -0.2) is 60.2 Å². The lowest BCUT2D eigenvalue weighted by molar-refractivity contribution is 0.000138. The van der Waals surface area contributed by atoms with Gasteiger partial charge in [0.05, 0.1) is 18.9 Å². The summed E-state index contributed by atoms with van der Waals surface area (Å²) in [6, 6.07) is 6.94. The molecule has 3 rings (SSSR count). The van der Waals surface area contributed by atoms with E-state index >= 15 is 0 Å². The van der Waals surface area contributed by atoms with E-state index < -0.39 is 0 Å². The molecule has 0 bridgehead atoms. The zero-order valence-corrected chi connectivity index (χ0v) is 11.5. The quantitative estimate of drug-likeness (QED) is 0.822. The Labute approximate surface area is 115 Å². The minimum Gasteiger partial charge on any atom is -0.379 e. The zero-order valence-electron chi connectivity index (χ0n) is 11.5. The Kier molecular flexibility index (Phi) is 4.43. The molecule has 0 amide bonds. The highest BCUT2D eigenvalue weighted by molar-refractivity contribution is 5.03. The third-order valence-corrected chi connectivity index (χ3v) is 4.23. The summed E-state index contributed by atoms with van der Waals surface area (Å²) in [5.41, 5.74) is 1.19. The van der Waals surface area contributed by atoms with Gasteiger partial charge in [0.2, 0.25) is 0 Å². The predicted molar refractivity (Wildman–Crippen MR) is 74.9 cm³/mol. The fraction of sp³-hybridized carbons (Fsp3) is 0.667. The first kappa shape index (κ1) is 13.0. The molecule has 0 saturated carbocycles. The number of aromatic nitrogens is 1. The number of morpholine rings is 1. The van der Waals surface area contributed by atoms with E-state index in [1.807, 2.05) is 12.3 Å². The topological polar surface area (TPSA) is 28.6 Å². The number of rotatable bonds is 3. The molecule has 2 aliphatic heterocycles. The van der Waals surface area contributed by atoms with Crippen molar-refractivity contribution in [1.82, 2.24) is 14.8 Å². The average Bonchev–Trinajstić information content (AvgIpc) is 2.50. The Balaban J connectivity index is 1.46. The minimum atomic E-state index is 0.767. The van der Waals surface area contributed by atoms with Crippen LogP contribution in [0.15, 0.2) is 24.4 Å². The van der Waals surface area contributed by atoms with Crippen LogP contribution in [0.1, 0.15) is 18.5 Å². The standard InChI is InChI=1S/C15H23N3O/c1-2-6-16-14(3-1)13-17-7-4-15(5-8-17)18-9-11-19-12-10-18/h1-3,6,15H,4-5,7-13H2. The van der Waals surface area contributed by atoms with E-state index in [2.05, 4.69) is 26.9 Å². The van der Waals surface area contributed by atoms with E-state index in [1.54, 1.807) is 0 Å². The van der Waals surface area contributed by atoms with E-state index in [1.165, 1.54) is 31.6 Å². The molecule has 1 aromatic heterocycles. The number of hydrogen-bond donors (Lipinski definition) is 0. The van der Waals surface area contributed by atoms with Gasteiger partial charge in [-0.05, 0) is 25.0 Å². The molecule has 0 atom stereocenters. The van der Waals surface area contributed by atoms with Crippen LogP contribution in [0.4, 0.5) is 0 Å². The molecule has 104 valence electrons. The van der Waals surface area contributed by atoms with Gasteiger partial charge in [-0.15, -0.1) is 0 Å². The van der Waals surface area contributed by atoms with Gasteiger partial charge >= 0.3 is 0 Å². The van der Waals surface area contributed by atoms with Gasteiger partial charge in [0.25, 0.3) is 0 Å². The van der Waals surface area contributed by atoms with Crippen molar-refractivity contribution in [3.8, 4) is 0 Å². The van der Waals surface area contributed by atoms with Crippen molar-refractivity contribution in [2.24, 2.45) is 0 Å². The Hall–Kier alpha value is -0.970. The maximum absolute atomic E-state index is 5.43. The van der Waals surface area contributed by atoms with Gasteiger partial charge in [-0.3, -0.25) is 14.8 Å². The lowest BCUT2D eigenvalue weighted by Gasteiger charge is -2.40. The van der Waals surface area contributed by atoms with E-state index in [0.717, 1.165) is 38.9 Å². The average molecular weight is 261 g/mol. The molecular weight excluding hydrogens is 238 g/mol. The SMILES string of the molecule is c1ccc(CN2CCC(N3CCOCC3)CC2)nc1. The molecule has 0 N–H and O–H groups in total. The molecule has 0 unspecified atom stereocenters. The molecular formula is C15H23N3O. The molecule has 0 aromatic carbocycles. The largest absolute Gasteiger partial charge is 0.379 e. The highest BCUT2D eigenvalue weighted by Crippen LogP contribution is 2.18. The van der Waals surface area contributed by atoms with Crippen LogP contribution in [0, 0.1) is 0 Å². The summed E-state index contributed by atoms with van der Waals surface area (Å²) < 4.78 is 5.43. The van der Waals surface area contributed by atoms with Crippen molar-refractivity contribution in [3.05, 3.63) is 30.1 Å². The summed E-state index contributed by atoms with van der Waals surface area (Å²) >= 11 is 0. The normalized spacial score (nSPS) is 23.6. The van der Waals surface area contributed by atoms with Crippen LogP contribution >= 0.6 is 0 Å². The fourth-order valence-corrected chi connectivity index (χ4v) is 3.11. The second-order valence-corrected chi connectivity index (χ2v) is 5.48. The van der Waals surface area contributed by atoms with E-state index in [4.69, 9.17) is 4.74 Å². The lowest BCUT2D eigenvalue weighted by Crippen LogP contribution is -2.48. The highest BCUT2D eigenvalue weighted by atomic mass is 16.5. The smallest absolute Gasteiger partial charge is 0.0594 e. The number of ether oxygens (including phenoxy) is 1. The van der Waals surface area contributed by atoms with Gasteiger partial charge in [0, 0.05) is 45.0 Å². The van der Waals surface area contributed by atoms with Crippen molar-refractivity contribution in [1.29, 1.82) is 0 Å². The maximum Gasteiger partial charge on any atom is 0.0594 e. The third-order valence-electron chi connectivity index (χ3n) is 4.23. The minimum absolute atomic E-state index is 0.767. The Bertz CT molecular complexity index is 370. The molecule has 0 radical (unpaired) electrons. The lowest BCUT2D eigenvalue weighted by atomic mass is 10.0. The second-order valence-electron chi connectivity index (χ2n) is 5.48.